The average molecular weight is 510 g/mol. The molecule has 2 heterocycles. The number of aldehydes is 1. The molecule has 1 fully saturated rings. The number of aliphatic hydroxyl groups excluding tert-OH is 1. The largest absolute Gasteiger partial charge is 0.391 e. The molecule has 7 nitrogen and oxygen atoms in total. The Balaban J connectivity index is 0.000000652. The van der Waals surface area contributed by atoms with Crippen LogP contribution in [0.15, 0.2) is 34.9 Å². The summed E-state index contributed by atoms with van der Waals surface area (Å²) in [5, 5.41) is 17.4. The zero-order valence-corrected chi connectivity index (χ0v) is 23.5. The second-order valence-electron chi connectivity index (χ2n) is 8.24. The van der Waals surface area contributed by atoms with Crippen LogP contribution in [0.25, 0.3) is 0 Å². The third-order valence-corrected chi connectivity index (χ3v) is 5.70. The van der Waals surface area contributed by atoms with Gasteiger partial charge in [0, 0.05) is 30.1 Å². The van der Waals surface area contributed by atoms with Gasteiger partial charge in [0.15, 0.2) is 0 Å². The van der Waals surface area contributed by atoms with Gasteiger partial charge >= 0.3 is 0 Å². The fourth-order valence-electron chi connectivity index (χ4n) is 3.59. The molecule has 2 N–H and O–H groups in total. The highest BCUT2D eigenvalue weighted by Crippen LogP contribution is 2.30. The number of benzene rings is 1. The summed E-state index contributed by atoms with van der Waals surface area (Å²) in [5.41, 5.74) is 1.98. The predicted octanol–water partition coefficient (Wildman–Crippen LogP) is 5.56. The topological polar surface area (TPSA) is 95.7 Å². The maximum atomic E-state index is 12.7. The van der Waals surface area contributed by atoms with Gasteiger partial charge in [0.05, 0.1) is 17.8 Å². The number of nitrogens with zero attached hydrogens (tertiary/aromatic N) is 2. The summed E-state index contributed by atoms with van der Waals surface area (Å²) in [6, 6.07) is 9.46. The summed E-state index contributed by atoms with van der Waals surface area (Å²) in [6.07, 6.45) is 0.380. The van der Waals surface area contributed by atoms with E-state index in [1.807, 2.05) is 72.9 Å². The van der Waals surface area contributed by atoms with E-state index in [9.17, 15) is 14.7 Å². The first-order valence-electron chi connectivity index (χ1n) is 12.5. The van der Waals surface area contributed by atoms with Crippen LogP contribution in [0.2, 0.25) is 5.02 Å². The molecule has 2 aromatic rings. The van der Waals surface area contributed by atoms with Gasteiger partial charge in [-0.05, 0) is 44.5 Å². The van der Waals surface area contributed by atoms with Crippen LogP contribution in [0.3, 0.4) is 0 Å². The molecule has 8 heteroatoms. The number of aryl methyl sites for hydroxylation is 1. The summed E-state index contributed by atoms with van der Waals surface area (Å²) in [6.45, 7) is 15.9. The van der Waals surface area contributed by atoms with Crippen molar-refractivity contribution in [3.63, 3.8) is 0 Å². The smallest absolute Gasteiger partial charge is 0.234 e. The molecule has 4 unspecified atom stereocenters. The number of halogens is 1. The second-order valence-corrected chi connectivity index (χ2v) is 8.67. The van der Waals surface area contributed by atoms with Crippen molar-refractivity contribution in [2.45, 2.75) is 85.9 Å². The van der Waals surface area contributed by atoms with Crippen molar-refractivity contribution < 1.29 is 19.2 Å². The standard InChI is InChI=1S/C14H20N2O4.C9H12ClN.2C2H6/c1-8(2)13(12-4-9(3)15-20-12)14(19)16-6-11(18)5-10(16)7-17;1-7(11-2)8-3-5-9(10)6-4-8;2*1-2/h4,7-8,10-11,13,18H,5-6H2,1-3H3;3-7,11H,1-2H3;2*1-2H3. The third kappa shape index (κ3) is 10.1. The second kappa shape index (κ2) is 17.2. The van der Waals surface area contributed by atoms with Crippen LogP contribution in [-0.2, 0) is 9.59 Å². The Morgan fingerprint density at radius 1 is 1.20 bits per heavy atom. The van der Waals surface area contributed by atoms with E-state index in [4.69, 9.17) is 16.1 Å². The van der Waals surface area contributed by atoms with Gasteiger partial charge in [0.25, 0.3) is 0 Å². The van der Waals surface area contributed by atoms with Crippen LogP contribution in [0.4, 0.5) is 0 Å². The summed E-state index contributed by atoms with van der Waals surface area (Å²) < 4.78 is 5.22. The quantitative estimate of drug-likeness (QED) is 0.495. The van der Waals surface area contributed by atoms with Crippen molar-refractivity contribution in [3.05, 3.63) is 52.4 Å². The zero-order valence-electron chi connectivity index (χ0n) is 22.7. The molecule has 0 saturated carbocycles. The number of aliphatic hydroxyl groups is 1. The first-order chi connectivity index (χ1) is 16.7. The van der Waals surface area contributed by atoms with Gasteiger partial charge in [-0.25, -0.2) is 0 Å². The molecule has 1 aromatic carbocycles. The van der Waals surface area contributed by atoms with Crippen molar-refractivity contribution in [2.75, 3.05) is 13.6 Å². The van der Waals surface area contributed by atoms with E-state index >= 15 is 0 Å². The summed E-state index contributed by atoms with van der Waals surface area (Å²) in [4.78, 5) is 25.2. The van der Waals surface area contributed by atoms with E-state index in [-0.39, 0.29) is 18.4 Å². The summed E-state index contributed by atoms with van der Waals surface area (Å²) >= 11 is 5.74. The number of β-amino-alcohol motifs (C(OH)–C–C–N with tert-alkyl or cyclic N) is 1. The molecular weight excluding hydrogens is 466 g/mol. The lowest BCUT2D eigenvalue weighted by Crippen LogP contribution is -2.41. The molecule has 0 radical (unpaired) electrons. The SMILES string of the molecule is CC.CC.CNC(C)c1ccc(Cl)cc1.Cc1cc(C(C(=O)N2CC(O)CC2C=O)C(C)C)on1. The predicted molar refractivity (Wildman–Crippen MR) is 143 cm³/mol. The van der Waals surface area contributed by atoms with Crippen molar-refractivity contribution in [3.8, 4) is 0 Å². The van der Waals surface area contributed by atoms with Gasteiger partial charge in [-0.2, -0.15) is 0 Å². The lowest BCUT2D eigenvalue weighted by atomic mass is 9.91. The molecule has 1 amide bonds. The number of rotatable bonds is 6. The van der Waals surface area contributed by atoms with Gasteiger partial charge in [-0.1, -0.05) is 70.4 Å². The van der Waals surface area contributed by atoms with Crippen LogP contribution in [0.5, 0.6) is 0 Å². The number of hydrogen-bond donors (Lipinski definition) is 2. The first-order valence-corrected chi connectivity index (χ1v) is 12.9. The van der Waals surface area contributed by atoms with Gasteiger partial charge in [0.1, 0.15) is 18.0 Å². The molecule has 4 atom stereocenters. The molecule has 1 aromatic heterocycles. The number of likely N-dealkylation sites (tertiary alicyclic amines) is 1. The lowest BCUT2D eigenvalue weighted by Gasteiger charge is -2.26. The average Bonchev–Trinajstić information content (AvgIpc) is 3.46. The monoisotopic (exact) mass is 509 g/mol. The number of aromatic nitrogens is 1. The Morgan fingerprint density at radius 3 is 2.20 bits per heavy atom. The third-order valence-electron chi connectivity index (χ3n) is 5.45. The number of nitrogens with one attached hydrogen (secondary N) is 1. The highest BCUT2D eigenvalue weighted by molar-refractivity contribution is 6.30. The van der Waals surface area contributed by atoms with Gasteiger partial charge in [0.2, 0.25) is 5.91 Å². The molecule has 3 rings (SSSR count). The van der Waals surface area contributed by atoms with E-state index in [0.717, 1.165) is 11.3 Å². The Hall–Kier alpha value is -2.22. The van der Waals surface area contributed by atoms with E-state index < -0.39 is 18.1 Å². The van der Waals surface area contributed by atoms with Crippen LogP contribution in [0, 0.1) is 12.8 Å². The van der Waals surface area contributed by atoms with E-state index in [0.29, 0.717) is 23.9 Å². The fourth-order valence-corrected chi connectivity index (χ4v) is 3.71. The van der Waals surface area contributed by atoms with Crippen molar-refractivity contribution in [1.29, 1.82) is 0 Å². The highest BCUT2D eigenvalue weighted by atomic mass is 35.5. The molecule has 0 spiro atoms. The van der Waals surface area contributed by atoms with Gasteiger partial charge in [-0.15, -0.1) is 0 Å². The minimum atomic E-state index is -0.640. The highest BCUT2D eigenvalue weighted by Gasteiger charge is 2.39. The van der Waals surface area contributed by atoms with Gasteiger partial charge in [-0.3, -0.25) is 4.79 Å². The van der Waals surface area contributed by atoms with Crippen LogP contribution in [-0.4, -0.2) is 53.1 Å². The zero-order chi connectivity index (χ0) is 27.1. The number of carbonyl (C=O) groups excluding carboxylic acids is 2. The Bertz CT molecular complexity index is 854. The molecule has 198 valence electrons. The summed E-state index contributed by atoms with van der Waals surface area (Å²) in [7, 11) is 1.94. The molecule has 1 aliphatic heterocycles. The first kappa shape index (κ1) is 32.8. The minimum absolute atomic E-state index is 0.0138. The molecule has 1 aliphatic rings. The van der Waals surface area contributed by atoms with Crippen molar-refractivity contribution in [2.24, 2.45) is 5.92 Å². The lowest BCUT2D eigenvalue weighted by molar-refractivity contribution is -0.137. The van der Waals surface area contributed by atoms with Crippen LogP contribution in [0.1, 0.15) is 83.9 Å². The molecule has 0 aliphatic carbocycles. The Morgan fingerprint density at radius 2 is 1.77 bits per heavy atom. The van der Waals surface area contributed by atoms with Gasteiger partial charge < -0.3 is 24.6 Å². The number of amides is 1. The Kier molecular flexibility index (Phi) is 16.2. The van der Waals surface area contributed by atoms with E-state index in [1.54, 1.807) is 13.0 Å². The maximum absolute atomic E-state index is 12.7. The van der Waals surface area contributed by atoms with Crippen molar-refractivity contribution >= 4 is 23.8 Å². The van der Waals surface area contributed by atoms with Crippen LogP contribution < -0.4 is 5.32 Å². The van der Waals surface area contributed by atoms with E-state index in [2.05, 4.69) is 17.4 Å². The maximum Gasteiger partial charge on any atom is 0.234 e. The minimum Gasteiger partial charge on any atom is -0.391 e. The molecule has 0 bridgehead atoms. The molecular formula is C27H44ClN3O4. The normalized spacial score (nSPS) is 18.2. The summed E-state index contributed by atoms with van der Waals surface area (Å²) in [5.74, 6) is -0.151. The van der Waals surface area contributed by atoms with Crippen molar-refractivity contribution in [1.82, 2.24) is 15.4 Å². The molecule has 1 saturated heterocycles. The number of hydrogen-bond acceptors (Lipinski definition) is 6. The number of carbonyl (C=O) groups is 2. The van der Waals surface area contributed by atoms with E-state index in [1.165, 1.54) is 10.5 Å². The molecule has 35 heavy (non-hydrogen) atoms. The fraction of sp³-hybridized carbons (Fsp3) is 0.593. The Labute approximate surface area is 216 Å². The van der Waals surface area contributed by atoms with Crippen LogP contribution >= 0.6 is 11.6 Å².